The van der Waals surface area contributed by atoms with E-state index in [4.69, 9.17) is 5.73 Å². The summed E-state index contributed by atoms with van der Waals surface area (Å²) in [5, 5.41) is 2.52. The number of aromatic amines is 1. The monoisotopic (exact) mass is 371 g/mol. The van der Waals surface area contributed by atoms with Gasteiger partial charge in [-0.05, 0) is 66.6 Å². The smallest absolute Gasteiger partial charge is 0.0708 e. The van der Waals surface area contributed by atoms with E-state index in [0.717, 1.165) is 31.3 Å². The average molecular weight is 372 g/mol. The Morgan fingerprint density at radius 1 is 0.964 bits per heavy atom. The van der Waals surface area contributed by atoms with E-state index in [2.05, 4.69) is 73.2 Å². The van der Waals surface area contributed by atoms with Crippen LogP contribution in [0.15, 0.2) is 54.7 Å². The molecule has 4 rings (SSSR count). The van der Waals surface area contributed by atoms with Crippen LogP contribution < -0.4 is 5.73 Å². The number of rotatable bonds is 5. The molecule has 2 aromatic heterocycles. The van der Waals surface area contributed by atoms with Crippen molar-refractivity contribution in [2.75, 3.05) is 6.54 Å². The molecule has 0 atom stereocenters. The molecule has 3 heteroatoms. The summed E-state index contributed by atoms with van der Waals surface area (Å²) in [6, 6.07) is 17.4. The number of nitrogens with one attached hydrogen (secondary N) is 1. The maximum atomic E-state index is 5.77. The average Bonchev–Trinajstić information content (AvgIpc) is 3.05. The Bertz CT molecular complexity index is 1110. The number of benzene rings is 2. The van der Waals surface area contributed by atoms with Gasteiger partial charge in [-0.3, -0.25) is 4.98 Å². The molecule has 0 aliphatic carbocycles. The van der Waals surface area contributed by atoms with E-state index in [9.17, 15) is 0 Å². The molecular weight excluding hydrogens is 342 g/mol. The van der Waals surface area contributed by atoms with E-state index in [0.29, 0.717) is 0 Å². The summed E-state index contributed by atoms with van der Waals surface area (Å²) in [5.74, 6) is 0. The maximum Gasteiger partial charge on any atom is 0.0708 e. The fourth-order valence-electron chi connectivity index (χ4n) is 3.97. The van der Waals surface area contributed by atoms with E-state index in [-0.39, 0.29) is 5.41 Å². The molecule has 0 saturated heterocycles. The van der Waals surface area contributed by atoms with Gasteiger partial charge in [-0.1, -0.05) is 45.0 Å². The Hall–Kier alpha value is -2.65. The van der Waals surface area contributed by atoms with Crippen LogP contribution in [0.5, 0.6) is 0 Å². The van der Waals surface area contributed by atoms with Crippen LogP contribution in [0.4, 0.5) is 0 Å². The summed E-state index contributed by atoms with van der Waals surface area (Å²) in [7, 11) is 0. The van der Waals surface area contributed by atoms with Crippen LogP contribution in [0.1, 0.15) is 44.7 Å². The number of aryl methyl sites for hydroxylation is 1. The Morgan fingerprint density at radius 2 is 1.82 bits per heavy atom. The van der Waals surface area contributed by atoms with Crippen molar-refractivity contribution in [3.63, 3.8) is 0 Å². The number of unbranched alkanes of at least 4 members (excludes halogenated alkanes) is 1. The summed E-state index contributed by atoms with van der Waals surface area (Å²) in [6.45, 7) is 7.55. The first kappa shape index (κ1) is 18.7. The highest BCUT2D eigenvalue weighted by Gasteiger charge is 2.19. The number of nitrogens with zero attached hydrogens (tertiary/aromatic N) is 1. The zero-order valence-electron chi connectivity index (χ0n) is 17.0. The van der Waals surface area contributed by atoms with Crippen LogP contribution in [-0.4, -0.2) is 16.5 Å². The van der Waals surface area contributed by atoms with E-state index in [1.165, 1.54) is 38.7 Å². The quantitative estimate of drug-likeness (QED) is 0.425. The van der Waals surface area contributed by atoms with Crippen LogP contribution in [0.25, 0.3) is 33.1 Å². The van der Waals surface area contributed by atoms with E-state index in [1.54, 1.807) is 0 Å². The second kappa shape index (κ2) is 7.40. The highest BCUT2D eigenvalue weighted by atomic mass is 14.7. The van der Waals surface area contributed by atoms with Gasteiger partial charge < -0.3 is 10.7 Å². The zero-order valence-corrected chi connectivity index (χ0v) is 17.0. The first-order valence-corrected chi connectivity index (χ1v) is 10.2. The molecule has 0 saturated carbocycles. The highest BCUT2D eigenvalue weighted by molar-refractivity contribution is 5.99. The van der Waals surface area contributed by atoms with Gasteiger partial charge in [0.25, 0.3) is 0 Å². The van der Waals surface area contributed by atoms with Gasteiger partial charge in [-0.25, -0.2) is 0 Å². The molecule has 4 aromatic rings. The molecule has 2 heterocycles. The van der Waals surface area contributed by atoms with Gasteiger partial charge in [0.1, 0.15) is 0 Å². The SMILES string of the molecule is CC(C)(C)c1ccc2[nH]c(-c3cccc4ncccc34)c(CCCCN)c2c1. The number of hydrogen-bond donors (Lipinski definition) is 2. The van der Waals surface area contributed by atoms with Crippen molar-refractivity contribution in [2.45, 2.75) is 45.4 Å². The molecule has 0 unspecified atom stereocenters. The molecule has 2 aromatic carbocycles. The second-order valence-corrected chi connectivity index (χ2v) is 8.61. The predicted octanol–water partition coefficient (Wildman–Crippen LogP) is 5.96. The Kier molecular flexibility index (Phi) is 4.94. The molecule has 0 spiro atoms. The van der Waals surface area contributed by atoms with Crippen molar-refractivity contribution < 1.29 is 0 Å². The minimum absolute atomic E-state index is 0.128. The normalized spacial score (nSPS) is 12.1. The lowest BCUT2D eigenvalue weighted by molar-refractivity contribution is 0.591. The molecule has 0 bridgehead atoms. The molecule has 0 amide bonds. The standard InChI is InChI=1S/C25H29N3/c1-25(2,3)17-12-13-23-21(16-17)20(8-4-5-14-26)24(28-23)19-9-6-11-22-18(19)10-7-15-27-22/h6-7,9-13,15-16,28H,4-5,8,14,26H2,1-3H3. The summed E-state index contributed by atoms with van der Waals surface area (Å²) >= 11 is 0. The van der Waals surface area contributed by atoms with Gasteiger partial charge >= 0.3 is 0 Å². The third-order valence-corrected chi connectivity index (χ3v) is 5.57. The van der Waals surface area contributed by atoms with Crippen molar-refractivity contribution in [1.29, 1.82) is 0 Å². The van der Waals surface area contributed by atoms with Crippen LogP contribution in [0.2, 0.25) is 0 Å². The molecule has 0 aliphatic heterocycles. The molecule has 3 nitrogen and oxygen atoms in total. The van der Waals surface area contributed by atoms with Crippen molar-refractivity contribution >= 4 is 21.8 Å². The van der Waals surface area contributed by atoms with Crippen LogP contribution in [-0.2, 0) is 11.8 Å². The van der Waals surface area contributed by atoms with Gasteiger partial charge in [-0.15, -0.1) is 0 Å². The highest BCUT2D eigenvalue weighted by Crippen LogP contribution is 2.37. The molecule has 0 aliphatic rings. The van der Waals surface area contributed by atoms with Gasteiger partial charge in [-0.2, -0.15) is 0 Å². The van der Waals surface area contributed by atoms with E-state index < -0.39 is 0 Å². The van der Waals surface area contributed by atoms with Crippen LogP contribution in [0, 0.1) is 0 Å². The summed E-state index contributed by atoms with van der Waals surface area (Å²) in [6.07, 6.45) is 5.02. The first-order chi connectivity index (χ1) is 13.5. The fourth-order valence-corrected chi connectivity index (χ4v) is 3.97. The lowest BCUT2D eigenvalue weighted by atomic mass is 9.86. The van der Waals surface area contributed by atoms with Crippen molar-refractivity contribution in [3.05, 3.63) is 65.9 Å². The van der Waals surface area contributed by atoms with E-state index in [1.807, 2.05) is 12.3 Å². The largest absolute Gasteiger partial charge is 0.354 e. The van der Waals surface area contributed by atoms with Gasteiger partial charge in [0.2, 0.25) is 0 Å². The minimum atomic E-state index is 0.128. The molecule has 0 fully saturated rings. The van der Waals surface area contributed by atoms with E-state index >= 15 is 0 Å². The summed E-state index contributed by atoms with van der Waals surface area (Å²) in [5.41, 5.74) is 13.3. The molecule has 28 heavy (non-hydrogen) atoms. The van der Waals surface area contributed by atoms with Crippen molar-refractivity contribution in [3.8, 4) is 11.3 Å². The minimum Gasteiger partial charge on any atom is -0.354 e. The van der Waals surface area contributed by atoms with Crippen LogP contribution >= 0.6 is 0 Å². The summed E-state index contributed by atoms with van der Waals surface area (Å²) in [4.78, 5) is 8.26. The topological polar surface area (TPSA) is 54.7 Å². The third kappa shape index (κ3) is 3.43. The number of fused-ring (bicyclic) bond motifs is 2. The first-order valence-electron chi connectivity index (χ1n) is 10.2. The molecule has 0 radical (unpaired) electrons. The zero-order chi connectivity index (χ0) is 19.7. The van der Waals surface area contributed by atoms with Crippen LogP contribution in [0.3, 0.4) is 0 Å². The predicted molar refractivity (Wildman–Crippen MR) is 120 cm³/mol. The van der Waals surface area contributed by atoms with Gasteiger partial charge in [0, 0.05) is 28.0 Å². The fraction of sp³-hybridized carbons (Fsp3) is 0.320. The lowest BCUT2D eigenvalue weighted by Gasteiger charge is -2.19. The second-order valence-electron chi connectivity index (χ2n) is 8.61. The molecular formula is C25H29N3. The van der Waals surface area contributed by atoms with Crippen molar-refractivity contribution in [1.82, 2.24) is 9.97 Å². The number of aromatic nitrogens is 2. The third-order valence-electron chi connectivity index (χ3n) is 5.57. The number of hydrogen-bond acceptors (Lipinski definition) is 2. The molecule has 3 N–H and O–H groups in total. The Labute approximate surface area is 167 Å². The number of H-pyrrole nitrogens is 1. The van der Waals surface area contributed by atoms with Gasteiger partial charge in [0.05, 0.1) is 11.2 Å². The maximum absolute atomic E-state index is 5.77. The number of nitrogens with two attached hydrogens (primary N) is 1. The number of pyridine rings is 1. The Morgan fingerprint density at radius 3 is 2.61 bits per heavy atom. The lowest BCUT2D eigenvalue weighted by Crippen LogP contribution is -2.10. The molecule has 144 valence electrons. The summed E-state index contributed by atoms with van der Waals surface area (Å²) < 4.78 is 0. The van der Waals surface area contributed by atoms with Crippen molar-refractivity contribution in [2.24, 2.45) is 5.73 Å². The van der Waals surface area contributed by atoms with Gasteiger partial charge in [0.15, 0.2) is 0 Å². The Balaban J connectivity index is 1.95.